The Morgan fingerprint density at radius 3 is 2.26 bits per heavy atom. The number of para-hydroxylation sites is 1. The predicted molar refractivity (Wildman–Crippen MR) is 139 cm³/mol. The Bertz CT molecular complexity index is 1440. The van der Waals surface area contributed by atoms with E-state index in [2.05, 4.69) is 5.43 Å². The number of carbonyl (C=O) groups is 3. The van der Waals surface area contributed by atoms with Gasteiger partial charge in [-0.1, -0.05) is 54.6 Å². The molecule has 0 radical (unpaired) electrons. The zero-order chi connectivity index (χ0) is 27.0. The molecule has 2 N–H and O–H groups in total. The van der Waals surface area contributed by atoms with Crippen molar-refractivity contribution in [2.75, 3.05) is 10.3 Å². The van der Waals surface area contributed by atoms with Crippen LogP contribution in [0.25, 0.3) is 0 Å². The van der Waals surface area contributed by atoms with Crippen LogP contribution in [0.4, 0.5) is 17.1 Å². The molecule has 2 heterocycles. The number of fused-ring (bicyclic) bond motifs is 1. The van der Waals surface area contributed by atoms with E-state index >= 15 is 0 Å². The fourth-order valence-electron chi connectivity index (χ4n) is 4.97. The molecule has 2 amide bonds. The summed E-state index contributed by atoms with van der Waals surface area (Å²) in [5, 5.41) is 24.1. The molecular formula is C28H24N4O6. The molecule has 10 heteroatoms. The summed E-state index contributed by atoms with van der Waals surface area (Å²) in [7, 11) is 0. The van der Waals surface area contributed by atoms with Crippen LogP contribution in [-0.2, 0) is 9.59 Å². The normalized spacial score (nSPS) is 21.7. The van der Waals surface area contributed by atoms with Gasteiger partial charge in [0.25, 0.3) is 11.6 Å². The molecule has 2 aliphatic heterocycles. The number of amides is 2. The van der Waals surface area contributed by atoms with Gasteiger partial charge in [-0.3, -0.25) is 24.5 Å². The Morgan fingerprint density at radius 2 is 1.61 bits per heavy atom. The van der Waals surface area contributed by atoms with Gasteiger partial charge in [-0.25, -0.2) is 9.91 Å². The van der Waals surface area contributed by atoms with Crippen molar-refractivity contribution in [2.45, 2.75) is 25.1 Å². The van der Waals surface area contributed by atoms with Crippen LogP contribution in [0.1, 0.15) is 28.9 Å². The number of hydrogen-bond donors (Lipinski definition) is 2. The number of ketones is 1. The van der Waals surface area contributed by atoms with Gasteiger partial charge in [-0.15, -0.1) is 0 Å². The number of rotatable bonds is 7. The van der Waals surface area contributed by atoms with Gasteiger partial charge in [-0.2, -0.15) is 0 Å². The van der Waals surface area contributed by atoms with Crippen molar-refractivity contribution >= 4 is 34.7 Å². The Balaban J connectivity index is 1.56. The van der Waals surface area contributed by atoms with E-state index < -0.39 is 40.8 Å². The monoisotopic (exact) mass is 512 g/mol. The van der Waals surface area contributed by atoms with Crippen LogP contribution in [0.15, 0.2) is 91.0 Å². The number of nitro benzene ring substituents is 1. The van der Waals surface area contributed by atoms with E-state index in [1.165, 1.54) is 36.2 Å². The van der Waals surface area contributed by atoms with Crippen LogP contribution >= 0.6 is 0 Å². The van der Waals surface area contributed by atoms with E-state index in [1.54, 1.807) is 66.7 Å². The third-order valence-electron chi connectivity index (χ3n) is 6.79. The van der Waals surface area contributed by atoms with Crippen LogP contribution < -0.4 is 10.3 Å². The fraction of sp³-hybridized carbons (Fsp3) is 0.179. The first kappa shape index (κ1) is 25.0. The molecule has 2 unspecified atom stereocenters. The first-order valence-electron chi connectivity index (χ1n) is 12.0. The molecule has 10 nitrogen and oxygen atoms in total. The molecule has 0 bridgehead atoms. The minimum atomic E-state index is -1.24. The second kappa shape index (κ2) is 10.0. The van der Waals surface area contributed by atoms with Gasteiger partial charge in [0.2, 0.25) is 5.91 Å². The summed E-state index contributed by atoms with van der Waals surface area (Å²) in [6.07, 6.45) is 2.01. The quantitative estimate of drug-likeness (QED) is 0.161. The van der Waals surface area contributed by atoms with Crippen molar-refractivity contribution in [3.8, 4) is 0 Å². The Kier molecular flexibility index (Phi) is 6.58. The highest BCUT2D eigenvalue weighted by atomic mass is 16.6. The molecule has 5 rings (SSSR count). The highest BCUT2D eigenvalue weighted by molar-refractivity contribution is 6.24. The standard InChI is InChI=1S/C28H24N4O6/c1-17(33)21-9-5-6-10-22(21)26(34)24-16-15-23-25(28(36)30(27(23)35)19-7-3-2-4-8-19)31(24)29-18-11-13-20(14-12-18)32(37)38/h2-16,23-26,29,34H,1H3/t23?,24?,25-,26-/m0/s1. The summed E-state index contributed by atoms with van der Waals surface area (Å²) in [5.41, 5.74) is 4.56. The molecule has 192 valence electrons. The van der Waals surface area contributed by atoms with Gasteiger partial charge in [-0.05, 0) is 36.8 Å². The van der Waals surface area contributed by atoms with Gasteiger partial charge in [0.05, 0.1) is 22.6 Å². The van der Waals surface area contributed by atoms with Crippen LogP contribution in [0.2, 0.25) is 0 Å². The number of nitro groups is 1. The van der Waals surface area contributed by atoms with Crippen molar-refractivity contribution in [3.63, 3.8) is 0 Å². The molecule has 1 fully saturated rings. The van der Waals surface area contributed by atoms with Crippen molar-refractivity contribution in [2.24, 2.45) is 5.92 Å². The largest absolute Gasteiger partial charge is 0.386 e. The van der Waals surface area contributed by atoms with Gasteiger partial charge < -0.3 is 10.5 Å². The molecule has 0 aromatic heterocycles. The first-order chi connectivity index (χ1) is 18.3. The van der Waals surface area contributed by atoms with E-state index in [9.17, 15) is 29.6 Å². The summed E-state index contributed by atoms with van der Waals surface area (Å²) in [6.45, 7) is 1.40. The smallest absolute Gasteiger partial charge is 0.269 e. The van der Waals surface area contributed by atoms with Gasteiger partial charge in [0.1, 0.15) is 12.1 Å². The number of aliphatic hydroxyl groups excluding tert-OH is 1. The van der Waals surface area contributed by atoms with Crippen molar-refractivity contribution in [1.82, 2.24) is 5.01 Å². The van der Waals surface area contributed by atoms with Gasteiger partial charge >= 0.3 is 0 Å². The second-order valence-corrected chi connectivity index (χ2v) is 9.10. The highest BCUT2D eigenvalue weighted by Crippen LogP contribution is 2.38. The number of nitrogens with zero attached hydrogens (tertiary/aromatic N) is 3. The second-order valence-electron chi connectivity index (χ2n) is 9.10. The number of hydrazine groups is 1. The fourth-order valence-corrected chi connectivity index (χ4v) is 4.97. The Morgan fingerprint density at radius 1 is 0.947 bits per heavy atom. The molecule has 38 heavy (non-hydrogen) atoms. The number of carbonyl (C=O) groups excluding carboxylic acids is 3. The van der Waals surface area contributed by atoms with Crippen LogP contribution in [-0.4, -0.2) is 44.7 Å². The number of hydrogen-bond acceptors (Lipinski definition) is 8. The van der Waals surface area contributed by atoms with Crippen LogP contribution in [0.3, 0.4) is 0 Å². The summed E-state index contributed by atoms with van der Waals surface area (Å²) >= 11 is 0. The van der Waals surface area contributed by atoms with Crippen LogP contribution in [0, 0.1) is 16.0 Å². The first-order valence-corrected chi connectivity index (χ1v) is 12.0. The Labute approximate surface area is 217 Å². The number of non-ortho nitro benzene ring substituents is 1. The summed E-state index contributed by atoms with van der Waals surface area (Å²) in [6, 6.07) is 18.9. The molecule has 0 aliphatic carbocycles. The maximum absolute atomic E-state index is 13.7. The third-order valence-corrected chi connectivity index (χ3v) is 6.79. The minimum absolute atomic E-state index is 0.110. The molecule has 0 saturated carbocycles. The minimum Gasteiger partial charge on any atom is -0.386 e. The van der Waals surface area contributed by atoms with Crippen LogP contribution in [0.5, 0.6) is 0 Å². The molecule has 3 aromatic rings. The average Bonchev–Trinajstić information content (AvgIpc) is 3.18. The summed E-state index contributed by atoms with van der Waals surface area (Å²) < 4.78 is 0. The van der Waals surface area contributed by atoms with E-state index in [4.69, 9.17) is 0 Å². The lowest BCUT2D eigenvalue weighted by molar-refractivity contribution is -0.384. The van der Waals surface area contributed by atoms with E-state index in [0.717, 1.165) is 4.90 Å². The lowest BCUT2D eigenvalue weighted by Gasteiger charge is -2.41. The van der Waals surface area contributed by atoms with E-state index in [1.807, 2.05) is 0 Å². The number of benzene rings is 3. The van der Waals surface area contributed by atoms with Gasteiger partial charge in [0.15, 0.2) is 5.78 Å². The topological polar surface area (TPSA) is 133 Å². The van der Waals surface area contributed by atoms with Crippen molar-refractivity contribution in [3.05, 3.63) is 112 Å². The van der Waals surface area contributed by atoms with Crippen molar-refractivity contribution < 1.29 is 24.4 Å². The van der Waals surface area contributed by atoms with E-state index in [-0.39, 0.29) is 11.5 Å². The lowest BCUT2D eigenvalue weighted by atomic mass is 9.88. The van der Waals surface area contributed by atoms with E-state index in [0.29, 0.717) is 22.5 Å². The molecule has 2 aliphatic rings. The summed E-state index contributed by atoms with van der Waals surface area (Å²) in [5.74, 6) is -1.95. The lowest BCUT2D eigenvalue weighted by Crippen LogP contribution is -2.55. The average molecular weight is 513 g/mol. The number of aliphatic hydroxyl groups is 1. The molecule has 4 atom stereocenters. The molecular weight excluding hydrogens is 488 g/mol. The van der Waals surface area contributed by atoms with Gasteiger partial charge in [0, 0.05) is 23.4 Å². The SMILES string of the molecule is CC(=O)c1ccccc1[C@H](O)C1C=CC2C(=O)N(c3ccccc3)C(=O)[C@H]2N1Nc1ccc([N+](=O)[O-])cc1. The maximum Gasteiger partial charge on any atom is 0.269 e. The maximum atomic E-state index is 13.7. The number of Topliss-reactive ketones (excluding diaryl/α,β-unsaturated/α-hetero) is 1. The predicted octanol–water partition coefficient (Wildman–Crippen LogP) is 3.66. The zero-order valence-corrected chi connectivity index (χ0v) is 20.3. The Hall–Kier alpha value is -4.67. The molecule has 0 spiro atoms. The number of anilines is 2. The summed E-state index contributed by atoms with van der Waals surface area (Å²) in [4.78, 5) is 51.1. The zero-order valence-electron chi connectivity index (χ0n) is 20.3. The number of nitrogens with one attached hydrogen (secondary N) is 1. The third kappa shape index (κ3) is 4.36. The number of imide groups is 1. The molecule has 3 aromatic carbocycles. The highest BCUT2D eigenvalue weighted by Gasteiger charge is 2.54. The van der Waals surface area contributed by atoms with Crippen molar-refractivity contribution in [1.29, 1.82) is 0 Å². The molecule has 1 saturated heterocycles.